The molecule has 3 nitrogen and oxygen atoms in total. The summed E-state index contributed by atoms with van der Waals surface area (Å²) in [6.07, 6.45) is 3.66. The number of aromatic nitrogens is 1. The molecule has 1 aromatic heterocycles. The molecule has 1 atom stereocenters. The average Bonchev–Trinajstić information content (AvgIpc) is 2.35. The van der Waals surface area contributed by atoms with Gasteiger partial charge in [-0.2, -0.15) is 0 Å². The van der Waals surface area contributed by atoms with Gasteiger partial charge in [-0.15, -0.1) is 0 Å². The Balaban J connectivity index is 2.36. The lowest BCUT2D eigenvalue weighted by molar-refractivity contribution is 0.621. The second-order valence-electron chi connectivity index (χ2n) is 3.96. The van der Waals surface area contributed by atoms with Gasteiger partial charge in [-0.05, 0) is 31.0 Å². The van der Waals surface area contributed by atoms with Crippen molar-refractivity contribution in [3.05, 3.63) is 42.1 Å². The molecule has 2 rings (SSSR count). The van der Waals surface area contributed by atoms with Crippen LogP contribution in [0, 0.1) is 0 Å². The first-order chi connectivity index (χ1) is 7.83. The first-order valence-corrected chi connectivity index (χ1v) is 5.62. The van der Waals surface area contributed by atoms with Gasteiger partial charge in [0.2, 0.25) is 0 Å². The van der Waals surface area contributed by atoms with Crippen LogP contribution in [-0.4, -0.2) is 11.5 Å². The quantitative estimate of drug-likeness (QED) is 0.819. The van der Waals surface area contributed by atoms with Gasteiger partial charge in [0.1, 0.15) is 0 Å². The Morgan fingerprint density at radius 3 is 2.81 bits per heavy atom. The Morgan fingerprint density at radius 1 is 1.19 bits per heavy atom. The molecule has 0 saturated heterocycles. The van der Waals surface area contributed by atoms with Crippen molar-refractivity contribution in [3.8, 4) is 0 Å². The number of rotatable bonds is 4. The molecule has 16 heavy (non-hydrogen) atoms. The summed E-state index contributed by atoms with van der Waals surface area (Å²) < 4.78 is 0. The molecule has 1 heterocycles. The summed E-state index contributed by atoms with van der Waals surface area (Å²) >= 11 is 0. The minimum Gasteiger partial charge on any atom is -0.330 e. The average molecular weight is 215 g/mol. The van der Waals surface area contributed by atoms with Crippen LogP contribution in [0.5, 0.6) is 0 Å². The van der Waals surface area contributed by atoms with Crippen LogP contribution >= 0.6 is 0 Å². The number of pyridine rings is 1. The first-order valence-electron chi connectivity index (χ1n) is 5.62. The van der Waals surface area contributed by atoms with Crippen LogP contribution in [0.3, 0.4) is 0 Å². The monoisotopic (exact) mass is 215 g/mol. The van der Waals surface area contributed by atoms with Crippen LogP contribution in [0.4, 0.5) is 0 Å². The smallest absolute Gasteiger partial charge is 0.0749 e. The van der Waals surface area contributed by atoms with Gasteiger partial charge < -0.3 is 11.5 Å². The molecule has 0 aliphatic carbocycles. The lowest BCUT2D eigenvalue weighted by Gasteiger charge is -2.13. The van der Waals surface area contributed by atoms with Gasteiger partial charge in [-0.3, -0.25) is 4.98 Å². The van der Waals surface area contributed by atoms with Crippen LogP contribution in [0.25, 0.3) is 10.9 Å². The van der Waals surface area contributed by atoms with Gasteiger partial charge in [0.05, 0.1) is 5.52 Å². The Kier molecular flexibility index (Phi) is 3.49. The van der Waals surface area contributed by atoms with Gasteiger partial charge in [-0.1, -0.05) is 24.3 Å². The maximum absolute atomic E-state index is 6.15. The van der Waals surface area contributed by atoms with Crippen molar-refractivity contribution in [3.63, 3.8) is 0 Å². The molecule has 0 aliphatic heterocycles. The minimum atomic E-state index is 0.0298. The van der Waals surface area contributed by atoms with Crippen LogP contribution < -0.4 is 11.5 Å². The Bertz CT molecular complexity index is 462. The molecule has 1 aromatic carbocycles. The number of para-hydroxylation sites is 1. The molecule has 0 fully saturated rings. The molecule has 0 bridgehead atoms. The molecular weight excluding hydrogens is 198 g/mol. The highest BCUT2D eigenvalue weighted by Crippen LogP contribution is 2.23. The molecule has 0 amide bonds. The van der Waals surface area contributed by atoms with Crippen molar-refractivity contribution in [1.29, 1.82) is 0 Å². The van der Waals surface area contributed by atoms with E-state index < -0.39 is 0 Å². The number of hydrogen-bond donors (Lipinski definition) is 2. The number of fused-ring (bicyclic) bond motifs is 1. The summed E-state index contributed by atoms with van der Waals surface area (Å²) in [5, 5.41) is 1.14. The number of hydrogen-bond acceptors (Lipinski definition) is 3. The number of nitrogens with two attached hydrogens (primary N) is 2. The summed E-state index contributed by atoms with van der Waals surface area (Å²) in [6.45, 7) is 0.686. The summed E-state index contributed by atoms with van der Waals surface area (Å²) in [7, 11) is 0. The summed E-state index contributed by atoms with van der Waals surface area (Å²) in [5.41, 5.74) is 13.8. The van der Waals surface area contributed by atoms with Crippen molar-refractivity contribution >= 4 is 10.9 Å². The summed E-state index contributed by atoms with van der Waals surface area (Å²) in [6, 6.07) is 10.2. The van der Waals surface area contributed by atoms with E-state index in [1.165, 1.54) is 0 Å². The normalized spacial score (nSPS) is 12.9. The third-order valence-corrected chi connectivity index (χ3v) is 2.78. The summed E-state index contributed by atoms with van der Waals surface area (Å²) in [5.74, 6) is 0. The van der Waals surface area contributed by atoms with E-state index in [9.17, 15) is 0 Å². The predicted molar refractivity (Wildman–Crippen MR) is 67.0 cm³/mol. The van der Waals surface area contributed by atoms with Gasteiger partial charge in [0.15, 0.2) is 0 Å². The van der Waals surface area contributed by atoms with Crippen molar-refractivity contribution in [1.82, 2.24) is 4.98 Å². The maximum Gasteiger partial charge on any atom is 0.0749 e. The first kappa shape index (κ1) is 11.0. The second kappa shape index (κ2) is 5.05. The fourth-order valence-corrected chi connectivity index (χ4v) is 1.92. The van der Waals surface area contributed by atoms with E-state index in [2.05, 4.69) is 23.2 Å². The zero-order valence-electron chi connectivity index (χ0n) is 9.26. The topological polar surface area (TPSA) is 64.9 Å². The highest BCUT2D eigenvalue weighted by molar-refractivity contribution is 5.81. The third kappa shape index (κ3) is 2.21. The SMILES string of the molecule is NCCCC(N)c1cccc2cccnc12. The van der Waals surface area contributed by atoms with E-state index in [-0.39, 0.29) is 6.04 Å². The fourth-order valence-electron chi connectivity index (χ4n) is 1.92. The van der Waals surface area contributed by atoms with Crippen molar-refractivity contribution in [2.24, 2.45) is 11.5 Å². The van der Waals surface area contributed by atoms with Crippen molar-refractivity contribution in [2.75, 3.05) is 6.54 Å². The third-order valence-electron chi connectivity index (χ3n) is 2.78. The molecule has 0 aliphatic rings. The zero-order valence-corrected chi connectivity index (χ0v) is 9.26. The molecule has 4 N–H and O–H groups in total. The van der Waals surface area contributed by atoms with E-state index >= 15 is 0 Å². The van der Waals surface area contributed by atoms with E-state index in [0.29, 0.717) is 6.54 Å². The molecule has 0 saturated carbocycles. The van der Waals surface area contributed by atoms with E-state index in [1.807, 2.05) is 18.3 Å². The molecule has 3 heteroatoms. The van der Waals surface area contributed by atoms with Crippen LogP contribution in [0.2, 0.25) is 0 Å². The van der Waals surface area contributed by atoms with Gasteiger partial charge in [-0.25, -0.2) is 0 Å². The summed E-state index contributed by atoms with van der Waals surface area (Å²) in [4.78, 5) is 4.40. The molecule has 2 aromatic rings. The Labute approximate surface area is 95.5 Å². The fraction of sp³-hybridized carbons (Fsp3) is 0.308. The minimum absolute atomic E-state index is 0.0298. The Morgan fingerprint density at radius 2 is 2.00 bits per heavy atom. The lowest BCUT2D eigenvalue weighted by Crippen LogP contribution is -2.13. The second-order valence-corrected chi connectivity index (χ2v) is 3.96. The predicted octanol–water partition coefficient (Wildman–Crippen LogP) is 1.97. The van der Waals surface area contributed by atoms with Crippen molar-refractivity contribution in [2.45, 2.75) is 18.9 Å². The molecule has 0 radical (unpaired) electrons. The van der Waals surface area contributed by atoms with Crippen LogP contribution in [0.15, 0.2) is 36.5 Å². The highest BCUT2D eigenvalue weighted by Gasteiger charge is 2.09. The lowest BCUT2D eigenvalue weighted by atomic mass is 10.00. The number of nitrogens with zero attached hydrogens (tertiary/aromatic N) is 1. The van der Waals surface area contributed by atoms with E-state index in [4.69, 9.17) is 11.5 Å². The van der Waals surface area contributed by atoms with Gasteiger partial charge in [0, 0.05) is 17.6 Å². The maximum atomic E-state index is 6.15. The Hall–Kier alpha value is -1.45. The molecule has 84 valence electrons. The number of benzene rings is 1. The van der Waals surface area contributed by atoms with Gasteiger partial charge in [0.25, 0.3) is 0 Å². The van der Waals surface area contributed by atoms with Gasteiger partial charge >= 0.3 is 0 Å². The molecule has 0 spiro atoms. The highest BCUT2D eigenvalue weighted by atomic mass is 14.7. The standard InChI is InChI=1S/C13H17N3/c14-8-2-7-12(15)11-6-1-4-10-5-3-9-16-13(10)11/h1,3-6,9,12H,2,7-8,14-15H2. The zero-order chi connectivity index (χ0) is 11.4. The van der Waals surface area contributed by atoms with E-state index in [0.717, 1.165) is 29.3 Å². The molecular formula is C13H17N3. The molecule has 1 unspecified atom stereocenters. The van der Waals surface area contributed by atoms with E-state index in [1.54, 1.807) is 0 Å². The van der Waals surface area contributed by atoms with Crippen LogP contribution in [0.1, 0.15) is 24.4 Å². The largest absolute Gasteiger partial charge is 0.330 e. The van der Waals surface area contributed by atoms with Crippen molar-refractivity contribution < 1.29 is 0 Å². The van der Waals surface area contributed by atoms with Crippen LogP contribution in [-0.2, 0) is 0 Å².